The van der Waals surface area contributed by atoms with E-state index in [9.17, 15) is 9.18 Å². The molecule has 2 aromatic rings. The van der Waals surface area contributed by atoms with Gasteiger partial charge in [0, 0.05) is 25.2 Å². The van der Waals surface area contributed by atoms with Crippen molar-refractivity contribution in [3.05, 3.63) is 59.4 Å². The molecule has 1 amide bonds. The van der Waals surface area contributed by atoms with Gasteiger partial charge < -0.3 is 10.2 Å². The molecule has 2 aromatic carbocycles. The average Bonchev–Trinajstić information content (AvgIpc) is 2.50. The number of hydrogen-bond donors (Lipinski definition) is 1. The lowest BCUT2D eigenvalue weighted by Crippen LogP contribution is -2.27. The predicted octanol–water partition coefficient (Wildman–Crippen LogP) is 4.33. The lowest BCUT2D eigenvalue weighted by Gasteiger charge is -2.22. The molecule has 0 heterocycles. The van der Waals surface area contributed by atoms with Crippen molar-refractivity contribution < 1.29 is 9.18 Å². The van der Waals surface area contributed by atoms with Crippen LogP contribution in [0.25, 0.3) is 0 Å². The fourth-order valence-electron chi connectivity index (χ4n) is 2.15. The Hall–Kier alpha value is -2.07. The van der Waals surface area contributed by atoms with Crippen LogP contribution < -0.4 is 10.2 Å². The smallest absolute Gasteiger partial charge is 0.226 e. The molecule has 0 unspecified atom stereocenters. The van der Waals surface area contributed by atoms with Gasteiger partial charge in [-0.2, -0.15) is 0 Å². The zero-order valence-electron chi connectivity index (χ0n) is 12.4. The molecule has 0 aliphatic heterocycles. The van der Waals surface area contributed by atoms with E-state index in [1.54, 1.807) is 24.3 Å². The zero-order chi connectivity index (χ0) is 15.9. The maximum atomic E-state index is 13.3. The van der Waals surface area contributed by atoms with Gasteiger partial charge in [-0.05, 0) is 37.3 Å². The van der Waals surface area contributed by atoms with Gasteiger partial charge in [0.2, 0.25) is 5.91 Å². The van der Waals surface area contributed by atoms with Crippen molar-refractivity contribution in [3.8, 4) is 0 Å². The van der Waals surface area contributed by atoms with Gasteiger partial charge >= 0.3 is 0 Å². The second-order valence-corrected chi connectivity index (χ2v) is 5.24. The minimum Gasteiger partial charge on any atom is -0.371 e. The number of anilines is 2. The second kappa shape index (κ2) is 7.80. The minimum atomic E-state index is -0.281. The summed E-state index contributed by atoms with van der Waals surface area (Å²) >= 11 is 6.00. The zero-order valence-corrected chi connectivity index (χ0v) is 13.1. The monoisotopic (exact) mass is 320 g/mol. The molecule has 0 aromatic heterocycles. The van der Waals surface area contributed by atoms with Crippen molar-refractivity contribution in [2.24, 2.45) is 0 Å². The summed E-state index contributed by atoms with van der Waals surface area (Å²) in [6.45, 7) is 3.18. The van der Waals surface area contributed by atoms with Gasteiger partial charge in [-0.15, -0.1) is 0 Å². The summed E-state index contributed by atoms with van der Waals surface area (Å²) in [6, 6.07) is 13.5. The topological polar surface area (TPSA) is 32.3 Å². The van der Waals surface area contributed by atoms with Crippen molar-refractivity contribution in [3.63, 3.8) is 0 Å². The second-order valence-electron chi connectivity index (χ2n) is 4.84. The maximum Gasteiger partial charge on any atom is 0.226 e. The molecule has 0 bridgehead atoms. The number of carbonyl (C=O) groups is 1. The molecule has 22 heavy (non-hydrogen) atoms. The van der Waals surface area contributed by atoms with Crippen LogP contribution in [0.1, 0.15) is 13.3 Å². The number of benzene rings is 2. The average molecular weight is 321 g/mol. The highest BCUT2D eigenvalue weighted by Gasteiger charge is 2.10. The number of carbonyl (C=O) groups excluding carboxylic acids is 1. The summed E-state index contributed by atoms with van der Waals surface area (Å²) in [5.74, 6) is -0.403. The van der Waals surface area contributed by atoms with Crippen LogP contribution in [-0.2, 0) is 4.79 Å². The van der Waals surface area contributed by atoms with Crippen LogP contribution in [-0.4, -0.2) is 19.0 Å². The van der Waals surface area contributed by atoms with Gasteiger partial charge in [0.05, 0.1) is 10.7 Å². The molecule has 0 aliphatic carbocycles. The third-order valence-corrected chi connectivity index (χ3v) is 3.64. The van der Waals surface area contributed by atoms with Crippen LogP contribution in [0.4, 0.5) is 15.8 Å². The Morgan fingerprint density at radius 1 is 1.23 bits per heavy atom. The Labute approximate surface area is 134 Å². The fourth-order valence-corrected chi connectivity index (χ4v) is 2.34. The molecule has 1 N–H and O–H groups in total. The minimum absolute atomic E-state index is 0.122. The first kappa shape index (κ1) is 16.3. The van der Waals surface area contributed by atoms with E-state index in [4.69, 9.17) is 11.6 Å². The van der Waals surface area contributed by atoms with Gasteiger partial charge in [-0.3, -0.25) is 4.79 Å². The molecular formula is C17H18ClFN2O. The Kier molecular flexibility index (Phi) is 5.78. The fraction of sp³-hybridized carbons (Fsp3) is 0.235. The number of nitrogens with zero attached hydrogens (tertiary/aromatic N) is 1. The molecular weight excluding hydrogens is 303 g/mol. The summed E-state index contributed by atoms with van der Waals surface area (Å²) < 4.78 is 13.3. The summed E-state index contributed by atoms with van der Waals surface area (Å²) in [5.41, 5.74) is 1.37. The molecule has 0 radical (unpaired) electrons. The number of rotatable bonds is 6. The van der Waals surface area contributed by atoms with Gasteiger partial charge in [-0.1, -0.05) is 29.8 Å². The molecule has 0 aliphatic rings. The number of nitrogens with one attached hydrogen (secondary N) is 1. The SMILES string of the molecule is CCN(CCC(=O)Nc1ccccc1Cl)c1cccc(F)c1. The Bertz CT molecular complexity index is 648. The maximum absolute atomic E-state index is 13.3. The summed E-state index contributed by atoms with van der Waals surface area (Å²) in [6.07, 6.45) is 0.301. The molecule has 5 heteroatoms. The largest absolute Gasteiger partial charge is 0.371 e. The van der Waals surface area contributed by atoms with E-state index in [-0.39, 0.29) is 11.7 Å². The van der Waals surface area contributed by atoms with Crippen molar-refractivity contribution in [1.82, 2.24) is 0 Å². The van der Waals surface area contributed by atoms with Crippen LogP contribution in [0.3, 0.4) is 0 Å². The highest BCUT2D eigenvalue weighted by Crippen LogP contribution is 2.21. The Balaban J connectivity index is 1.93. The van der Waals surface area contributed by atoms with E-state index in [1.165, 1.54) is 12.1 Å². The molecule has 0 atom stereocenters. The van der Waals surface area contributed by atoms with Crippen molar-refractivity contribution >= 4 is 28.9 Å². The van der Waals surface area contributed by atoms with Crippen molar-refractivity contribution in [2.45, 2.75) is 13.3 Å². The highest BCUT2D eigenvalue weighted by molar-refractivity contribution is 6.33. The standard InChI is InChI=1S/C17H18ClFN2O/c1-2-21(14-7-5-6-13(19)12-14)11-10-17(22)20-16-9-4-3-8-15(16)18/h3-9,12H,2,10-11H2,1H3,(H,20,22). The first-order valence-electron chi connectivity index (χ1n) is 7.15. The first-order chi connectivity index (χ1) is 10.6. The summed E-state index contributed by atoms with van der Waals surface area (Å²) in [7, 11) is 0. The van der Waals surface area contributed by atoms with E-state index >= 15 is 0 Å². The molecule has 3 nitrogen and oxygen atoms in total. The third kappa shape index (κ3) is 4.46. The molecule has 0 saturated heterocycles. The lowest BCUT2D eigenvalue weighted by molar-refractivity contribution is -0.116. The van der Waals surface area contributed by atoms with Crippen molar-refractivity contribution in [2.75, 3.05) is 23.3 Å². The molecule has 0 saturated carbocycles. The van der Waals surface area contributed by atoms with E-state index in [0.717, 1.165) is 5.69 Å². The Morgan fingerprint density at radius 3 is 2.68 bits per heavy atom. The van der Waals surface area contributed by atoms with Crippen LogP contribution in [0.5, 0.6) is 0 Å². The lowest BCUT2D eigenvalue weighted by atomic mass is 10.2. The molecule has 0 fully saturated rings. The first-order valence-corrected chi connectivity index (χ1v) is 7.53. The molecule has 116 valence electrons. The number of para-hydroxylation sites is 1. The van der Waals surface area contributed by atoms with Crippen LogP contribution in [0.2, 0.25) is 5.02 Å². The van der Waals surface area contributed by atoms with Crippen LogP contribution in [0.15, 0.2) is 48.5 Å². The predicted molar refractivity (Wildman–Crippen MR) is 89.0 cm³/mol. The van der Waals surface area contributed by atoms with Crippen LogP contribution in [0, 0.1) is 5.82 Å². The summed E-state index contributed by atoms with van der Waals surface area (Å²) in [4.78, 5) is 14.0. The Morgan fingerprint density at radius 2 is 2.00 bits per heavy atom. The van der Waals surface area contributed by atoms with Gasteiger partial charge in [0.25, 0.3) is 0 Å². The number of amides is 1. The van der Waals surface area contributed by atoms with Crippen LogP contribution >= 0.6 is 11.6 Å². The highest BCUT2D eigenvalue weighted by atomic mass is 35.5. The molecule has 0 spiro atoms. The van der Waals surface area contributed by atoms with E-state index in [0.29, 0.717) is 30.2 Å². The normalized spacial score (nSPS) is 10.3. The van der Waals surface area contributed by atoms with Gasteiger partial charge in [0.1, 0.15) is 5.82 Å². The number of halogens is 2. The number of hydrogen-bond acceptors (Lipinski definition) is 2. The third-order valence-electron chi connectivity index (χ3n) is 3.31. The van der Waals surface area contributed by atoms with E-state index in [2.05, 4.69) is 5.32 Å². The molecule has 2 rings (SSSR count). The van der Waals surface area contributed by atoms with E-state index < -0.39 is 0 Å². The summed E-state index contributed by atoms with van der Waals surface area (Å²) in [5, 5.41) is 3.29. The quantitative estimate of drug-likeness (QED) is 0.859. The van der Waals surface area contributed by atoms with E-state index in [1.807, 2.05) is 24.0 Å². The van der Waals surface area contributed by atoms with Crippen molar-refractivity contribution in [1.29, 1.82) is 0 Å². The van der Waals surface area contributed by atoms with Gasteiger partial charge in [-0.25, -0.2) is 4.39 Å². The van der Waals surface area contributed by atoms with Gasteiger partial charge in [0.15, 0.2) is 0 Å².